The molecule has 0 spiro atoms. The zero-order valence-corrected chi connectivity index (χ0v) is 16.6. The number of rotatable bonds is 6. The highest BCUT2D eigenvalue weighted by atomic mass is 16.2. The molecular formula is C23H24N4O2. The van der Waals surface area contributed by atoms with Gasteiger partial charge in [0.05, 0.1) is 17.8 Å². The van der Waals surface area contributed by atoms with Crippen molar-refractivity contribution in [3.63, 3.8) is 0 Å². The van der Waals surface area contributed by atoms with Gasteiger partial charge in [-0.3, -0.25) is 9.59 Å². The molecule has 1 aliphatic carbocycles. The number of aryl methyl sites for hydroxylation is 1. The number of amides is 2. The lowest BCUT2D eigenvalue weighted by molar-refractivity contribution is -0.115. The Balaban J connectivity index is 1.46. The normalized spacial score (nSPS) is 13.2. The number of hydrogen-bond donors (Lipinski definition) is 2. The highest BCUT2D eigenvalue weighted by Gasteiger charge is 2.24. The lowest BCUT2D eigenvalue weighted by Gasteiger charge is -2.09. The Labute approximate surface area is 169 Å². The zero-order valence-electron chi connectivity index (χ0n) is 16.6. The van der Waals surface area contributed by atoms with Crippen LogP contribution in [0, 0.1) is 13.8 Å². The van der Waals surface area contributed by atoms with Gasteiger partial charge in [-0.05, 0) is 57.0 Å². The Kier molecular flexibility index (Phi) is 5.16. The Morgan fingerprint density at radius 1 is 1.07 bits per heavy atom. The summed E-state index contributed by atoms with van der Waals surface area (Å²) in [6, 6.07) is 17.2. The van der Waals surface area contributed by atoms with Crippen molar-refractivity contribution >= 4 is 17.5 Å². The minimum absolute atomic E-state index is 0.0978. The molecule has 3 aromatic rings. The van der Waals surface area contributed by atoms with Gasteiger partial charge in [0.25, 0.3) is 5.91 Å². The van der Waals surface area contributed by atoms with Crippen LogP contribution in [-0.4, -0.2) is 27.6 Å². The van der Waals surface area contributed by atoms with Crippen molar-refractivity contribution in [1.82, 2.24) is 15.1 Å². The van der Waals surface area contributed by atoms with E-state index in [1.54, 1.807) is 24.3 Å². The first-order valence-electron chi connectivity index (χ1n) is 9.82. The smallest absolute Gasteiger partial charge is 0.251 e. The van der Waals surface area contributed by atoms with Crippen LogP contribution in [-0.2, 0) is 11.2 Å². The van der Waals surface area contributed by atoms with Crippen LogP contribution < -0.4 is 10.6 Å². The van der Waals surface area contributed by atoms with E-state index in [4.69, 9.17) is 0 Å². The number of benzene rings is 2. The van der Waals surface area contributed by atoms with Crippen LogP contribution in [0.1, 0.15) is 40.2 Å². The third kappa shape index (κ3) is 4.37. The van der Waals surface area contributed by atoms with Crippen LogP contribution in [0.5, 0.6) is 0 Å². The van der Waals surface area contributed by atoms with Gasteiger partial charge in [-0.15, -0.1) is 0 Å². The summed E-state index contributed by atoms with van der Waals surface area (Å²) in [6.45, 7) is 3.89. The van der Waals surface area contributed by atoms with Gasteiger partial charge in [-0.25, -0.2) is 4.68 Å². The minimum atomic E-state index is -0.136. The molecule has 2 N–H and O–H groups in total. The summed E-state index contributed by atoms with van der Waals surface area (Å²) in [4.78, 5) is 24.9. The molecule has 2 amide bonds. The van der Waals surface area contributed by atoms with Crippen molar-refractivity contribution in [2.24, 2.45) is 0 Å². The molecule has 1 heterocycles. The molecule has 0 radical (unpaired) electrons. The maximum absolute atomic E-state index is 12.7. The van der Waals surface area contributed by atoms with E-state index in [-0.39, 0.29) is 18.2 Å². The SMILES string of the molecule is Cc1nn(-c2ccccc2)c(C)c1CC(=O)Nc1cccc(C(=O)NC2CC2)c1. The monoisotopic (exact) mass is 388 g/mol. The first-order valence-corrected chi connectivity index (χ1v) is 9.82. The lowest BCUT2D eigenvalue weighted by Crippen LogP contribution is -2.25. The van der Waals surface area contributed by atoms with E-state index in [0.29, 0.717) is 17.3 Å². The zero-order chi connectivity index (χ0) is 20.4. The molecule has 4 rings (SSSR count). The Morgan fingerprint density at radius 3 is 2.55 bits per heavy atom. The summed E-state index contributed by atoms with van der Waals surface area (Å²) in [5, 5.41) is 10.5. The predicted octanol–water partition coefficient (Wildman–Crippen LogP) is 3.56. The number of para-hydroxylation sites is 1. The second-order valence-corrected chi connectivity index (χ2v) is 7.45. The van der Waals surface area contributed by atoms with Gasteiger partial charge in [0.1, 0.15) is 0 Å². The van der Waals surface area contributed by atoms with Crippen LogP contribution in [0.4, 0.5) is 5.69 Å². The van der Waals surface area contributed by atoms with Gasteiger partial charge in [-0.2, -0.15) is 5.10 Å². The van der Waals surface area contributed by atoms with Gasteiger partial charge < -0.3 is 10.6 Å². The summed E-state index contributed by atoms with van der Waals surface area (Å²) < 4.78 is 1.86. The van der Waals surface area contributed by atoms with E-state index in [1.165, 1.54) is 0 Å². The van der Waals surface area contributed by atoms with Crippen LogP contribution >= 0.6 is 0 Å². The van der Waals surface area contributed by atoms with Crippen molar-refractivity contribution in [1.29, 1.82) is 0 Å². The third-order valence-electron chi connectivity index (χ3n) is 5.10. The molecule has 2 aromatic carbocycles. The summed E-state index contributed by atoms with van der Waals surface area (Å²) >= 11 is 0. The topological polar surface area (TPSA) is 76.0 Å². The highest BCUT2D eigenvalue weighted by molar-refractivity contribution is 5.97. The van der Waals surface area contributed by atoms with Crippen LogP contribution in [0.2, 0.25) is 0 Å². The van der Waals surface area contributed by atoms with Crippen molar-refractivity contribution in [2.45, 2.75) is 39.2 Å². The molecule has 0 atom stereocenters. The molecule has 0 unspecified atom stereocenters. The van der Waals surface area contributed by atoms with E-state index in [9.17, 15) is 9.59 Å². The van der Waals surface area contributed by atoms with Crippen molar-refractivity contribution in [3.8, 4) is 5.69 Å². The Bertz CT molecular complexity index is 1050. The van der Waals surface area contributed by atoms with Crippen molar-refractivity contribution in [3.05, 3.63) is 77.1 Å². The Morgan fingerprint density at radius 2 is 1.83 bits per heavy atom. The third-order valence-corrected chi connectivity index (χ3v) is 5.10. The van der Waals surface area contributed by atoms with Gasteiger partial charge in [-0.1, -0.05) is 24.3 Å². The molecule has 1 aromatic heterocycles. The van der Waals surface area contributed by atoms with Crippen molar-refractivity contribution < 1.29 is 9.59 Å². The van der Waals surface area contributed by atoms with Crippen LogP contribution in [0.3, 0.4) is 0 Å². The highest BCUT2D eigenvalue weighted by Crippen LogP contribution is 2.21. The Hall–Kier alpha value is -3.41. The average molecular weight is 388 g/mol. The molecule has 0 saturated heterocycles. The van der Waals surface area contributed by atoms with Gasteiger partial charge in [0, 0.05) is 28.6 Å². The molecule has 0 bridgehead atoms. The first-order chi connectivity index (χ1) is 14.0. The minimum Gasteiger partial charge on any atom is -0.349 e. The fourth-order valence-corrected chi connectivity index (χ4v) is 3.35. The van der Waals surface area contributed by atoms with Crippen molar-refractivity contribution in [2.75, 3.05) is 5.32 Å². The summed E-state index contributed by atoms with van der Waals surface area (Å²) in [5.74, 6) is -0.233. The van der Waals surface area contributed by atoms with Crippen LogP contribution in [0.25, 0.3) is 5.69 Å². The average Bonchev–Trinajstić information content (AvgIpc) is 3.49. The molecule has 6 heteroatoms. The number of anilines is 1. The summed E-state index contributed by atoms with van der Waals surface area (Å²) in [5.41, 5.74) is 4.83. The van der Waals surface area contributed by atoms with E-state index in [1.807, 2.05) is 48.9 Å². The number of nitrogens with one attached hydrogen (secondary N) is 2. The quantitative estimate of drug-likeness (QED) is 0.678. The first kappa shape index (κ1) is 18.9. The largest absolute Gasteiger partial charge is 0.349 e. The molecule has 6 nitrogen and oxygen atoms in total. The van der Waals surface area contributed by atoms with Crippen LogP contribution in [0.15, 0.2) is 54.6 Å². The number of aromatic nitrogens is 2. The maximum atomic E-state index is 12.7. The van der Waals surface area contributed by atoms with E-state index in [0.717, 1.165) is 35.5 Å². The summed E-state index contributed by atoms with van der Waals surface area (Å²) in [7, 11) is 0. The van der Waals surface area contributed by atoms with E-state index < -0.39 is 0 Å². The van der Waals surface area contributed by atoms with Gasteiger partial charge in [0.2, 0.25) is 5.91 Å². The predicted molar refractivity (Wildman–Crippen MR) is 112 cm³/mol. The molecule has 1 aliphatic rings. The fourth-order valence-electron chi connectivity index (χ4n) is 3.35. The molecular weight excluding hydrogens is 364 g/mol. The number of hydrogen-bond acceptors (Lipinski definition) is 3. The van der Waals surface area contributed by atoms with E-state index >= 15 is 0 Å². The molecule has 1 saturated carbocycles. The van der Waals surface area contributed by atoms with Gasteiger partial charge >= 0.3 is 0 Å². The number of carbonyl (C=O) groups excluding carboxylic acids is 2. The number of nitrogens with zero attached hydrogens (tertiary/aromatic N) is 2. The fraction of sp³-hybridized carbons (Fsp3) is 0.261. The second-order valence-electron chi connectivity index (χ2n) is 7.45. The standard InChI is InChI=1S/C23H24N4O2/c1-15-21(16(2)27(26-15)20-9-4-3-5-10-20)14-22(28)24-19-8-6-7-17(13-19)23(29)25-18-11-12-18/h3-10,13,18H,11-12,14H2,1-2H3,(H,24,28)(H,25,29). The number of carbonyl (C=O) groups is 2. The summed E-state index contributed by atoms with van der Waals surface area (Å²) in [6.07, 6.45) is 2.30. The second kappa shape index (κ2) is 7.91. The molecule has 29 heavy (non-hydrogen) atoms. The lowest BCUT2D eigenvalue weighted by atomic mass is 10.1. The molecule has 1 fully saturated rings. The maximum Gasteiger partial charge on any atom is 0.251 e. The molecule has 148 valence electrons. The van der Waals surface area contributed by atoms with E-state index in [2.05, 4.69) is 15.7 Å². The molecule has 0 aliphatic heterocycles. The van der Waals surface area contributed by atoms with Gasteiger partial charge in [0.15, 0.2) is 0 Å².